The second kappa shape index (κ2) is 9.16. The van der Waals surface area contributed by atoms with Gasteiger partial charge in [-0.1, -0.05) is 43.3 Å². The Morgan fingerprint density at radius 2 is 1.53 bits per heavy atom. The van der Waals surface area contributed by atoms with Crippen LogP contribution in [-0.4, -0.2) is 21.8 Å². The Morgan fingerprint density at radius 3 is 2.12 bits per heavy atom. The summed E-state index contributed by atoms with van der Waals surface area (Å²) in [5.41, 5.74) is 4.60. The number of nitrogens with zero attached hydrogens (tertiary/aromatic N) is 1. The minimum atomic E-state index is -0.435. The minimum Gasteiger partial charge on any atom is -0.392 e. The van der Waals surface area contributed by atoms with Crippen molar-refractivity contribution >= 4 is 50.6 Å². The van der Waals surface area contributed by atoms with Gasteiger partial charge in [-0.15, -0.1) is 0 Å². The van der Waals surface area contributed by atoms with Gasteiger partial charge in [-0.05, 0) is 42.8 Å². The number of fused-ring (bicyclic) bond motifs is 2. The summed E-state index contributed by atoms with van der Waals surface area (Å²) in [6.45, 7) is 3.03. The summed E-state index contributed by atoms with van der Waals surface area (Å²) in [7, 11) is 0. The molecule has 0 saturated carbocycles. The molecule has 32 heavy (non-hydrogen) atoms. The lowest BCUT2D eigenvalue weighted by Crippen LogP contribution is -2.22. The van der Waals surface area contributed by atoms with Crippen LogP contribution in [0.2, 0.25) is 0 Å². The summed E-state index contributed by atoms with van der Waals surface area (Å²) >= 11 is 0. The van der Waals surface area contributed by atoms with Crippen molar-refractivity contribution in [1.29, 1.82) is 0 Å². The molecule has 0 bridgehead atoms. The van der Waals surface area contributed by atoms with E-state index in [1.165, 1.54) is 6.92 Å². The third-order valence-corrected chi connectivity index (χ3v) is 5.34. The van der Waals surface area contributed by atoms with E-state index in [1.807, 2.05) is 60.7 Å². The molecule has 1 atom stereocenters. The van der Waals surface area contributed by atoms with Crippen LogP contribution in [0.4, 0.5) is 17.1 Å². The van der Waals surface area contributed by atoms with E-state index in [-0.39, 0.29) is 24.7 Å². The molecule has 162 valence electrons. The molecule has 0 aliphatic heterocycles. The van der Waals surface area contributed by atoms with Crippen LogP contribution in [0.1, 0.15) is 25.8 Å². The van der Waals surface area contributed by atoms with Crippen LogP contribution in [0.3, 0.4) is 0 Å². The van der Waals surface area contributed by atoms with Crippen molar-refractivity contribution in [3.63, 3.8) is 0 Å². The van der Waals surface area contributed by atoms with Crippen LogP contribution < -0.4 is 10.6 Å². The summed E-state index contributed by atoms with van der Waals surface area (Å²) < 4.78 is 0. The van der Waals surface area contributed by atoms with Crippen LogP contribution in [0.5, 0.6) is 0 Å². The first-order valence-corrected chi connectivity index (χ1v) is 10.5. The van der Waals surface area contributed by atoms with E-state index in [9.17, 15) is 14.7 Å². The lowest BCUT2D eigenvalue weighted by atomic mass is 10.0. The molecule has 0 aliphatic rings. The topological polar surface area (TPSA) is 91.3 Å². The van der Waals surface area contributed by atoms with E-state index in [0.717, 1.165) is 33.2 Å². The van der Waals surface area contributed by atoms with Gasteiger partial charge < -0.3 is 20.5 Å². The number of hydrogen-bond donors (Lipinski definition) is 3. The van der Waals surface area contributed by atoms with Crippen LogP contribution >= 0.6 is 0 Å². The van der Waals surface area contributed by atoms with Gasteiger partial charge in [0.2, 0.25) is 5.91 Å². The monoisotopic (exact) mass is 427 g/mol. The largest absolute Gasteiger partial charge is 0.392 e. The molecule has 0 spiro atoms. The van der Waals surface area contributed by atoms with Gasteiger partial charge in [0.1, 0.15) is 5.78 Å². The van der Waals surface area contributed by atoms with Crippen molar-refractivity contribution in [3.8, 4) is 0 Å². The lowest BCUT2D eigenvalue weighted by molar-refractivity contribution is -0.124. The number of carbonyl (C=O) groups is 2. The van der Waals surface area contributed by atoms with Crippen molar-refractivity contribution in [1.82, 2.24) is 4.98 Å². The molecular weight excluding hydrogens is 402 g/mol. The number of carbonyl (C=O) groups excluding carboxylic acids is 2. The van der Waals surface area contributed by atoms with Crippen LogP contribution in [0.25, 0.3) is 21.8 Å². The fourth-order valence-corrected chi connectivity index (χ4v) is 3.84. The van der Waals surface area contributed by atoms with Crippen molar-refractivity contribution in [3.05, 3.63) is 72.3 Å². The number of para-hydroxylation sites is 2. The summed E-state index contributed by atoms with van der Waals surface area (Å²) in [6.07, 6.45) is 0.186. The zero-order valence-electron chi connectivity index (χ0n) is 18.1. The number of anilines is 3. The Kier molecular flexibility index (Phi) is 6.14. The fourth-order valence-electron chi connectivity index (χ4n) is 3.84. The molecule has 0 aliphatic carbocycles. The number of hydrogen-bond acceptors (Lipinski definition) is 5. The van der Waals surface area contributed by atoms with Gasteiger partial charge in [0.25, 0.3) is 0 Å². The van der Waals surface area contributed by atoms with Crippen LogP contribution in [-0.2, 0) is 16.2 Å². The quantitative estimate of drug-likeness (QED) is 0.354. The normalized spacial score (nSPS) is 12.0. The van der Waals surface area contributed by atoms with Gasteiger partial charge in [0, 0.05) is 34.5 Å². The molecule has 1 aromatic heterocycles. The maximum absolute atomic E-state index is 12.5. The third-order valence-electron chi connectivity index (χ3n) is 5.34. The highest BCUT2D eigenvalue weighted by Gasteiger charge is 2.16. The Bertz CT molecular complexity index is 1260. The molecule has 3 aromatic carbocycles. The van der Waals surface area contributed by atoms with Gasteiger partial charge in [-0.25, -0.2) is 4.98 Å². The molecule has 3 N–H and O–H groups in total. The number of Topliss-reactive ketones (excluding diaryl/α,β-unsaturated/α-hetero) is 1. The van der Waals surface area contributed by atoms with Crippen molar-refractivity contribution in [2.45, 2.75) is 26.9 Å². The number of aromatic nitrogens is 1. The second-order valence-corrected chi connectivity index (χ2v) is 8.02. The van der Waals surface area contributed by atoms with E-state index in [1.54, 1.807) is 13.0 Å². The maximum atomic E-state index is 12.5. The Labute approximate surface area is 186 Å². The molecular formula is C26H25N3O3. The van der Waals surface area contributed by atoms with E-state index in [4.69, 9.17) is 4.98 Å². The number of ketones is 1. The first kappa shape index (κ1) is 21.5. The first-order valence-electron chi connectivity index (χ1n) is 10.5. The molecule has 0 saturated heterocycles. The number of nitrogens with one attached hydrogen (secondary N) is 2. The fraction of sp³-hybridized carbons (Fsp3) is 0.192. The predicted molar refractivity (Wildman–Crippen MR) is 128 cm³/mol. The van der Waals surface area contributed by atoms with Gasteiger partial charge in [-0.2, -0.15) is 0 Å². The van der Waals surface area contributed by atoms with Gasteiger partial charge in [0.05, 0.1) is 23.3 Å². The first-order chi connectivity index (χ1) is 15.4. The van der Waals surface area contributed by atoms with Gasteiger partial charge in [-0.3, -0.25) is 4.79 Å². The molecule has 0 radical (unpaired) electrons. The maximum Gasteiger partial charge on any atom is 0.227 e. The predicted octanol–water partition coefficient (Wildman–Crippen LogP) is 5.18. The van der Waals surface area contributed by atoms with E-state index in [0.29, 0.717) is 11.3 Å². The Hall–Kier alpha value is -3.77. The average molecular weight is 428 g/mol. The summed E-state index contributed by atoms with van der Waals surface area (Å²) in [4.78, 5) is 28.6. The number of amides is 1. The van der Waals surface area contributed by atoms with Crippen molar-refractivity contribution < 1.29 is 14.7 Å². The van der Waals surface area contributed by atoms with Crippen LogP contribution in [0.15, 0.2) is 66.7 Å². The average Bonchev–Trinajstić information content (AvgIpc) is 2.78. The molecule has 6 nitrogen and oxygen atoms in total. The Morgan fingerprint density at radius 1 is 0.938 bits per heavy atom. The number of aliphatic hydroxyl groups excluding tert-OH is 1. The molecule has 4 rings (SSSR count). The van der Waals surface area contributed by atoms with Crippen molar-refractivity contribution in [2.75, 3.05) is 10.6 Å². The molecule has 0 fully saturated rings. The lowest BCUT2D eigenvalue weighted by Gasteiger charge is -2.16. The summed E-state index contributed by atoms with van der Waals surface area (Å²) in [5.74, 6) is -0.702. The van der Waals surface area contributed by atoms with Gasteiger partial charge in [0.15, 0.2) is 0 Å². The van der Waals surface area contributed by atoms with E-state index < -0.39 is 5.92 Å². The highest BCUT2D eigenvalue weighted by Crippen LogP contribution is 2.34. The SMILES string of the molecule is CC(=O)CC(C)C(=O)Nc1cc(CO)cc(Nc2c3ccccc3nc3ccccc23)c1. The van der Waals surface area contributed by atoms with Crippen molar-refractivity contribution in [2.24, 2.45) is 5.92 Å². The minimum absolute atomic E-state index is 0.0319. The molecule has 4 aromatic rings. The standard InChI is InChI=1S/C26H25N3O3/c1-16(11-17(2)31)26(32)28-20-13-18(15-30)12-19(14-20)27-25-21-7-3-5-9-23(21)29-24-10-6-4-8-22(24)25/h3-10,12-14,16,30H,11,15H2,1-2H3,(H,27,29)(H,28,32). The van der Waals surface area contributed by atoms with Gasteiger partial charge >= 0.3 is 0 Å². The number of aliphatic hydroxyl groups is 1. The molecule has 1 heterocycles. The number of rotatable bonds is 7. The molecule has 1 unspecified atom stereocenters. The number of pyridine rings is 1. The zero-order valence-corrected chi connectivity index (χ0v) is 18.1. The summed E-state index contributed by atoms with van der Waals surface area (Å²) in [5, 5.41) is 18.1. The smallest absolute Gasteiger partial charge is 0.227 e. The highest BCUT2D eigenvalue weighted by atomic mass is 16.3. The molecule has 6 heteroatoms. The zero-order chi connectivity index (χ0) is 22.7. The second-order valence-electron chi connectivity index (χ2n) is 8.02. The highest BCUT2D eigenvalue weighted by molar-refractivity contribution is 6.08. The molecule has 1 amide bonds. The van der Waals surface area contributed by atoms with E-state index in [2.05, 4.69) is 10.6 Å². The third kappa shape index (κ3) is 4.60. The van der Waals surface area contributed by atoms with Crippen LogP contribution in [0, 0.1) is 5.92 Å². The summed E-state index contributed by atoms with van der Waals surface area (Å²) in [6, 6.07) is 21.2. The number of benzene rings is 3. The van der Waals surface area contributed by atoms with E-state index >= 15 is 0 Å². The Balaban J connectivity index is 1.73.